The minimum atomic E-state index is -3.32. The van der Waals surface area contributed by atoms with Gasteiger partial charge in [0, 0.05) is 16.4 Å². The molecule has 0 fully saturated rings. The second-order valence-electron chi connectivity index (χ2n) is 2.61. The van der Waals surface area contributed by atoms with E-state index < -0.39 is 9.84 Å². The van der Waals surface area contributed by atoms with Crippen LogP contribution in [0.1, 0.15) is 0 Å². The maximum Gasteiger partial charge on any atom is 0.199 e. The fourth-order valence-electron chi connectivity index (χ4n) is 0.885. The van der Waals surface area contributed by atoms with Crippen LogP contribution >= 0.6 is 15.9 Å². The third-order valence-corrected chi connectivity index (χ3v) is 3.56. The van der Waals surface area contributed by atoms with Gasteiger partial charge in [0.25, 0.3) is 0 Å². The van der Waals surface area contributed by atoms with E-state index in [2.05, 4.69) is 15.9 Å². The van der Waals surface area contributed by atoms with Crippen LogP contribution in [0, 0.1) is 0 Å². The van der Waals surface area contributed by atoms with Crippen LogP contribution < -0.4 is 5.73 Å². The molecule has 0 unspecified atom stereocenters. The molecule has 0 aromatic heterocycles. The monoisotopic (exact) mass is 275 g/mol. The van der Waals surface area contributed by atoms with E-state index in [9.17, 15) is 8.42 Å². The summed E-state index contributed by atoms with van der Waals surface area (Å²) in [6, 6.07) is 6.45. The fourth-order valence-corrected chi connectivity index (χ4v) is 2.19. The highest BCUT2D eigenvalue weighted by molar-refractivity contribution is 9.10. The van der Waals surface area contributed by atoms with Crippen molar-refractivity contribution in [1.82, 2.24) is 0 Å². The van der Waals surface area contributed by atoms with Gasteiger partial charge in [-0.2, -0.15) is 0 Å². The Morgan fingerprint density at radius 1 is 1.29 bits per heavy atom. The Labute approximate surface area is 91.7 Å². The zero-order valence-corrected chi connectivity index (χ0v) is 9.75. The van der Waals surface area contributed by atoms with E-state index >= 15 is 0 Å². The summed E-state index contributed by atoms with van der Waals surface area (Å²) in [6.45, 7) is 0.218. The van der Waals surface area contributed by atoms with Crippen molar-refractivity contribution in [3.8, 4) is 0 Å². The number of nitrogens with two attached hydrogens (primary N) is 1. The minimum absolute atomic E-state index is 0.218. The average molecular weight is 276 g/mol. The van der Waals surface area contributed by atoms with Crippen LogP contribution in [0.5, 0.6) is 0 Å². The number of halogens is 1. The van der Waals surface area contributed by atoms with Gasteiger partial charge in [-0.1, -0.05) is 22.0 Å². The molecule has 0 aliphatic rings. The van der Waals surface area contributed by atoms with Crippen LogP contribution in [0.2, 0.25) is 0 Å². The Kier molecular flexibility index (Phi) is 3.86. The van der Waals surface area contributed by atoms with Crippen molar-refractivity contribution in [2.45, 2.75) is 4.90 Å². The largest absolute Gasteiger partial charge is 0.327 e. The Balaban J connectivity index is 3.05. The first-order valence-corrected chi connectivity index (χ1v) is 6.27. The second kappa shape index (κ2) is 4.72. The van der Waals surface area contributed by atoms with Crippen LogP contribution in [-0.2, 0) is 9.84 Å². The van der Waals surface area contributed by atoms with Gasteiger partial charge in [0.2, 0.25) is 0 Å². The maximum absolute atomic E-state index is 11.5. The number of benzene rings is 1. The summed E-state index contributed by atoms with van der Waals surface area (Å²) in [5.41, 5.74) is 5.18. The third-order valence-electron chi connectivity index (χ3n) is 1.55. The molecule has 1 rings (SSSR count). The third kappa shape index (κ3) is 2.94. The van der Waals surface area contributed by atoms with Crippen molar-refractivity contribution in [1.29, 1.82) is 0 Å². The van der Waals surface area contributed by atoms with E-state index in [1.807, 2.05) is 0 Å². The molecule has 2 N–H and O–H groups in total. The summed E-state index contributed by atoms with van der Waals surface area (Å²) in [4.78, 5) is 0.269. The molecule has 5 heteroatoms. The lowest BCUT2D eigenvalue weighted by molar-refractivity contribution is 0.604. The van der Waals surface area contributed by atoms with Crippen molar-refractivity contribution in [3.63, 3.8) is 0 Å². The van der Waals surface area contributed by atoms with E-state index in [4.69, 9.17) is 5.73 Å². The quantitative estimate of drug-likeness (QED) is 0.914. The topological polar surface area (TPSA) is 60.2 Å². The summed E-state index contributed by atoms with van der Waals surface area (Å²) in [5.74, 6) is 0. The predicted molar refractivity (Wildman–Crippen MR) is 59.5 cm³/mol. The molecule has 14 heavy (non-hydrogen) atoms. The summed E-state index contributed by atoms with van der Waals surface area (Å²) >= 11 is 3.23. The molecule has 76 valence electrons. The van der Waals surface area contributed by atoms with Gasteiger partial charge in [0.05, 0.1) is 4.90 Å². The van der Waals surface area contributed by atoms with E-state index in [1.165, 1.54) is 6.08 Å². The molecule has 0 spiro atoms. The summed E-state index contributed by atoms with van der Waals surface area (Å²) in [6.07, 6.45) is 1.41. The van der Waals surface area contributed by atoms with Gasteiger partial charge in [-0.3, -0.25) is 0 Å². The molecule has 1 aromatic rings. The highest BCUT2D eigenvalue weighted by atomic mass is 79.9. The first-order valence-electron chi connectivity index (χ1n) is 3.93. The highest BCUT2D eigenvalue weighted by Crippen LogP contribution is 2.16. The lowest BCUT2D eigenvalue weighted by Crippen LogP contribution is -1.99. The van der Waals surface area contributed by atoms with Crippen molar-refractivity contribution >= 4 is 25.8 Å². The normalized spacial score (nSPS) is 12.1. The smallest absolute Gasteiger partial charge is 0.199 e. The van der Waals surface area contributed by atoms with Crippen LogP contribution in [0.25, 0.3) is 0 Å². The molecule has 0 radical (unpaired) electrons. The Morgan fingerprint density at radius 2 is 1.86 bits per heavy atom. The summed E-state index contributed by atoms with van der Waals surface area (Å²) in [7, 11) is -3.32. The molecule has 3 nitrogen and oxygen atoms in total. The van der Waals surface area contributed by atoms with Crippen molar-refractivity contribution in [3.05, 3.63) is 40.2 Å². The maximum atomic E-state index is 11.5. The second-order valence-corrected chi connectivity index (χ2v) is 5.36. The molecule has 0 atom stereocenters. The molecule has 1 aromatic carbocycles. The number of hydrogen-bond acceptors (Lipinski definition) is 3. The van der Waals surface area contributed by atoms with E-state index in [1.54, 1.807) is 24.3 Å². The van der Waals surface area contributed by atoms with Crippen LogP contribution in [0.4, 0.5) is 0 Å². The van der Waals surface area contributed by atoms with Crippen LogP contribution in [0.15, 0.2) is 45.1 Å². The van der Waals surface area contributed by atoms with Gasteiger partial charge in [-0.05, 0) is 24.3 Å². The van der Waals surface area contributed by atoms with Gasteiger partial charge >= 0.3 is 0 Å². The predicted octanol–water partition coefficient (Wildman–Crippen LogP) is 1.70. The molecule has 0 saturated heterocycles. The van der Waals surface area contributed by atoms with Crippen molar-refractivity contribution in [2.75, 3.05) is 6.54 Å². The standard InChI is InChI=1S/C9H10BrNO2S/c10-8-2-4-9(5-3-8)14(12,13)7-1-6-11/h1-5,7H,6,11H2/b7-1+. The van der Waals surface area contributed by atoms with Crippen LogP contribution in [0.3, 0.4) is 0 Å². The first kappa shape index (κ1) is 11.4. The Bertz CT molecular complexity index is 423. The first-order chi connectivity index (χ1) is 6.56. The number of sulfone groups is 1. The molecule has 0 amide bonds. The molecular weight excluding hydrogens is 266 g/mol. The van der Waals surface area contributed by atoms with Gasteiger partial charge < -0.3 is 5.73 Å². The molecule has 0 aliphatic carbocycles. The summed E-state index contributed by atoms with van der Waals surface area (Å²) < 4.78 is 23.9. The molecular formula is C9H10BrNO2S. The zero-order valence-electron chi connectivity index (χ0n) is 7.35. The number of rotatable bonds is 3. The van der Waals surface area contributed by atoms with E-state index in [-0.39, 0.29) is 11.4 Å². The van der Waals surface area contributed by atoms with E-state index in [0.29, 0.717) is 0 Å². The van der Waals surface area contributed by atoms with Gasteiger partial charge in [0.15, 0.2) is 9.84 Å². The van der Waals surface area contributed by atoms with Crippen molar-refractivity contribution in [2.24, 2.45) is 5.73 Å². The lowest BCUT2D eigenvalue weighted by atomic mass is 10.4. The zero-order chi connectivity index (χ0) is 10.6. The average Bonchev–Trinajstić information content (AvgIpc) is 2.16. The highest BCUT2D eigenvalue weighted by Gasteiger charge is 2.08. The van der Waals surface area contributed by atoms with Gasteiger partial charge in [0.1, 0.15) is 0 Å². The Morgan fingerprint density at radius 3 is 2.36 bits per heavy atom. The van der Waals surface area contributed by atoms with E-state index in [0.717, 1.165) is 9.88 Å². The van der Waals surface area contributed by atoms with Gasteiger partial charge in [-0.25, -0.2) is 8.42 Å². The minimum Gasteiger partial charge on any atom is -0.327 e. The fraction of sp³-hybridized carbons (Fsp3) is 0.111. The molecule has 0 heterocycles. The molecule has 0 aliphatic heterocycles. The summed E-state index contributed by atoms with van der Waals surface area (Å²) in [5, 5.41) is 1.12. The lowest BCUT2D eigenvalue weighted by Gasteiger charge is -1.98. The SMILES string of the molecule is NC/C=C/S(=O)(=O)c1ccc(Br)cc1. The number of hydrogen-bond donors (Lipinski definition) is 1. The Hall–Kier alpha value is -0.650. The van der Waals surface area contributed by atoms with Crippen molar-refractivity contribution < 1.29 is 8.42 Å². The van der Waals surface area contributed by atoms with Crippen LogP contribution in [-0.4, -0.2) is 15.0 Å². The molecule has 0 bridgehead atoms. The molecule has 0 saturated carbocycles. The van der Waals surface area contributed by atoms with Gasteiger partial charge in [-0.15, -0.1) is 0 Å².